The third-order valence-corrected chi connectivity index (χ3v) is 8.91. The molecule has 2 aromatic carbocycles. The van der Waals surface area contributed by atoms with Crippen molar-refractivity contribution in [2.45, 2.75) is 36.9 Å². The van der Waals surface area contributed by atoms with Gasteiger partial charge in [0.25, 0.3) is 5.91 Å². The van der Waals surface area contributed by atoms with E-state index < -0.39 is 17.5 Å². The van der Waals surface area contributed by atoms with E-state index in [-0.39, 0.29) is 18.4 Å². The lowest BCUT2D eigenvalue weighted by Gasteiger charge is -2.27. The predicted octanol–water partition coefficient (Wildman–Crippen LogP) is 4.83. The van der Waals surface area contributed by atoms with Crippen molar-refractivity contribution in [3.8, 4) is 11.3 Å². The quantitative estimate of drug-likeness (QED) is 0.303. The highest BCUT2D eigenvalue weighted by Gasteiger charge is 2.45. The van der Waals surface area contributed by atoms with Crippen LogP contribution >= 0.6 is 23.1 Å². The van der Waals surface area contributed by atoms with Gasteiger partial charge in [-0.25, -0.2) is 14.8 Å². The maximum atomic E-state index is 13.5. The Balaban J connectivity index is 1.15. The fraction of sp³-hybridized carbons (Fsp3) is 0.276. The van der Waals surface area contributed by atoms with E-state index in [0.29, 0.717) is 34.0 Å². The largest absolute Gasteiger partial charge is 0.444 e. The van der Waals surface area contributed by atoms with Gasteiger partial charge in [0.1, 0.15) is 23.8 Å². The molecule has 0 unspecified atom stereocenters. The summed E-state index contributed by atoms with van der Waals surface area (Å²) in [4.78, 5) is 49.6. The van der Waals surface area contributed by atoms with Gasteiger partial charge >= 0.3 is 6.09 Å². The van der Waals surface area contributed by atoms with Crippen molar-refractivity contribution in [2.24, 2.45) is 7.05 Å². The maximum absolute atomic E-state index is 13.5. The van der Waals surface area contributed by atoms with Crippen LogP contribution in [0.2, 0.25) is 0 Å². The van der Waals surface area contributed by atoms with Gasteiger partial charge in [0.15, 0.2) is 5.13 Å². The maximum Gasteiger partial charge on any atom is 0.412 e. The van der Waals surface area contributed by atoms with Crippen molar-refractivity contribution in [1.82, 2.24) is 24.8 Å². The number of anilines is 1. The summed E-state index contributed by atoms with van der Waals surface area (Å²) in [6.45, 7) is 0.0966. The average molecular weight is 589 g/mol. The van der Waals surface area contributed by atoms with Crippen LogP contribution < -0.4 is 10.6 Å². The van der Waals surface area contributed by atoms with E-state index in [1.807, 2.05) is 59.5 Å². The number of thioether (sulfide) groups is 1. The standard InChI is InChI=1S/C29H28N6O4S2/c1-34-14-13-30-24(34)27-35(29(38)39-15-18-5-3-2-4-6-18)23(17-40-27)26(37)33-28-32-22(16-41-28)19-7-9-20(10-8-19)25(36)31-21-11-12-21/h2-10,13-14,16,21,23,27H,11-12,15,17H2,1H3,(H,31,36)(H,32,33,37)/t23-,27+/m0/s1. The van der Waals surface area contributed by atoms with Gasteiger partial charge in [0, 0.05) is 47.7 Å². The van der Waals surface area contributed by atoms with Gasteiger partial charge in [0.2, 0.25) is 5.91 Å². The van der Waals surface area contributed by atoms with Gasteiger partial charge in [0.05, 0.1) is 5.69 Å². The summed E-state index contributed by atoms with van der Waals surface area (Å²) in [7, 11) is 1.85. The van der Waals surface area contributed by atoms with Crippen LogP contribution in [0.1, 0.15) is 40.0 Å². The molecule has 4 aromatic rings. The first-order valence-corrected chi connectivity index (χ1v) is 15.1. The molecule has 1 aliphatic carbocycles. The lowest BCUT2D eigenvalue weighted by Crippen LogP contribution is -2.46. The molecule has 6 rings (SSSR count). The number of carbonyl (C=O) groups is 3. The van der Waals surface area contributed by atoms with Crippen LogP contribution in [0.4, 0.5) is 9.93 Å². The predicted molar refractivity (Wildman–Crippen MR) is 157 cm³/mol. The molecule has 1 saturated carbocycles. The minimum Gasteiger partial charge on any atom is -0.444 e. The van der Waals surface area contributed by atoms with E-state index in [1.54, 1.807) is 24.5 Å². The number of aromatic nitrogens is 3. The van der Waals surface area contributed by atoms with Crippen molar-refractivity contribution < 1.29 is 19.1 Å². The van der Waals surface area contributed by atoms with E-state index in [0.717, 1.165) is 24.0 Å². The number of carbonyl (C=O) groups excluding carboxylic acids is 3. The fourth-order valence-corrected chi connectivity index (χ4v) is 6.65. The number of hydrogen-bond acceptors (Lipinski definition) is 8. The first kappa shape index (κ1) is 27.0. The van der Waals surface area contributed by atoms with Gasteiger partial charge in [-0.3, -0.25) is 14.5 Å². The molecule has 3 heterocycles. The molecule has 2 aromatic heterocycles. The van der Waals surface area contributed by atoms with Gasteiger partial charge in [-0.05, 0) is 30.5 Å². The van der Waals surface area contributed by atoms with Gasteiger partial charge < -0.3 is 19.9 Å². The molecule has 41 heavy (non-hydrogen) atoms. The van der Waals surface area contributed by atoms with Gasteiger partial charge in [-0.1, -0.05) is 42.5 Å². The van der Waals surface area contributed by atoms with Crippen molar-refractivity contribution in [3.63, 3.8) is 0 Å². The average Bonchev–Trinajstić information content (AvgIpc) is 3.33. The topological polar surface area (TPSA) is 118 Å². The van der Waals surface area contributed by atoms with E-state index in [1.165, 1.54) is 28.0 Å². The fourth-order valence-electron chi connectivity index (χ4n) is 4.48. The van der Waals surface area contributed by atoms with E-state index in [2.05, 4.69) is 20.6 Å². The monoisotopic (exact) mass is 588 g/mol. The number of amides is 3. The number of hydrogen-bond donors (Lipinski definition) is 2. The Labute approximate surface area is 245 Å². The van der Waals surface area contributed by atoms with Crippen LogP contribution in [-0.2, 0) is 23.2 Å². The molecule has 0 radical (unpaired) electrons. The Bertz CT molecular complexity index is 1550. The second kappa shape index (κ2) is 11.8. The molecule has 12 heteroatoms. The number of thiazole rings is 1. The Hall–Kier alpha value is -4.16. The smallest absolute Gasteiger partial charge is 0.412 e. The van der Waals surface area contributed by atoms with Crippen LogP contribution in [0.25, 0.3) is 11.3 Å². The van der Waals surface area contributed by atoms with Crippen molar-refractivity contribution in [3.05, 3.63) is 89.3 Å². The molecule has 3 amide bonds. The minimum absolute atomic E-state index is 0.0737. The van der Waals surface area contributed by atoms with Crippen LogP contribution in [-0.4, -0.2) is 55.2 Å². The number of rotatable bonds is 8. The Morgan fingerprint density at radius 3 is 2.56 bits per heavy atom. The molecule has 0 spiro atoms. The zero-order chi connectivity index (χ0) is 28.3. The molecular weight excluding hydrogens is 560 g/mol. The molecule has 0 bridgehead atoms. The highest BCUT2D eigenvalue weighted by molar-refractivity contribution is 7.99. The summed E-state index contributed by atoms with van der Waals surface area (Å²) < 4.78 is 7.48. The molecule has 210 valence electrons. The number of benzene rings is 2. The van der Waals surface area contributed by atoms with Crippen LogP contribution in [0.5, 0.6) is 0 Å². The summed E-state index contributed by atoms with van der Waals surface area (Å²) in [6.07, 6.45) is 4.96. The number of nitrogens with one attached hydrogen (secondary N) is 2. The SMILES string of the molecule is Cn1ccnc1[C@H]1SC[C@@H](C(=O)Nc2nc(-c3ccc(C(=O)NC4CC4)cc3)cs2)N1C(=O)OCc1ccccc1. The molecule has 1 saturated heterocycles. The van der Waals surface area contributed by atoms with Crippen LogP contribution in [0.3, 0.4) is 0 Å². The lowest BCUT2D eigenvalue weighted by molar-refractivity contribution is -0.120. The highest BCUT2D eigenvalue weighted by Crippen LogP contribution is 2.41. The second-order valence-corrected chi connectivity index (χ2v) is 11.9. The van der Waals surface area contributed by atoms with Crippen molar-refractivity contribution in [2.75, 3.05) is 11.1 Å². The Morgan fingerprint density at radius 2 is 1.85 bits per heavy atom. The summed E-state index contributed by atoms with van der Waals surface area (Å²) in [6, 6.07) is 16.2. The summed E-state index contributed by atoms with van der Waals surface area (Å²) in [5.74, 6) is 0.619. The van der Waals surface area contributed by atoms with Crippen molar-refractivity contribution in [1.29, 1.82) is 0 Å². The lowest BCUT2D eigenvalue weighted by atomic mass is 10.1. The highest BCUT2D eigenvalue weighted by atomic mass is 32.2. The number of ether oxygens (including phenoxy) is 1. The molecular formula is C29H28N6O4S2. The third-order valence-electron chi connectivity index (χ3n) is 6.89. The second-order valence-electron chi connectivity index (χ2n) is 9.90. The molecule has 10 nitrogen and oxygen atoms in total. The Kier molecular flexibility index (Phi) is 7.75. The summed E-state index contributed by atoms with van der Waals surface area (Å²) >= 11 is 2.76. The van der Waals surface area contributed by atoms with Gasteiger partial charge in [-0.2, -0.15) is 0 Å². The molecule has 1 aliphatic heterocycles. The summed E-state index contributed by atoms with van der Waals surface area (Å²) in [5, 5.41) is 7.66. The van der Waals surface area contributed by atoms with E-state index in [4.69, 9.17) is 4.74 Å². The molecule has 2 aliphatic rings. The molecule has 2 fully saturated rings. The van der Waals surface area contributed by atoms with Crippen LogP contribution in [0, 0.1) is 0 Å². The van der Waals surface area contributed by atoms with Gasteiger partial charge in [-0.15, -0.1) is 23.1 Å². The number of nitrogens with zero attached hydrogens (tertiary/aromatic N) is 4. The van der Waals surface area contributed by atoms with Crippen LogP contribution in [0.15, 0.2) is 72.4 Å². The Morgan fingerprint density at radius 1 is 1.07 bits per heavy atom. The van der Waals surface area contributed by atoms with Crippen molar-refractivity contribution >= 4 is 46.1 Å². The molecule has 2 atom stereocenters. The first-order valence-electron chi connectivity index (χ1n) is 13.2. The number of aryl methyl sites for hydroxylation is 1. The van der Waals surface area contributed by atoms with E-state index in [9.17, 15) is 14.4 Å². The number of imidazole rings is 1. The normalized spacial score (nSPS) is 18.2. The summed E-state index contributed by atoms with van der Waals surface area (Å²) in [5.41, 5.74) is 2.98. The van der Waals surface area contributed by atoms with E-state index >= 15 is 0 Å². The zero-order valence-corrected chi connectivity index (χ0v) is 23.9. The molecule has 2 N–H and O–H groups in total. The zero-order valence-electron chi connectivity index (χ0n) is 22.2. The minimum atomic E-state index is -0.776. The third kappa shape index (κ3) is 6.13. The first-order chi connectivity index (χ1) is 20.0.